The van der Waals surface area contributed by atoms with E-state index in [0.29, 0.717) is 6.61 Å². The van der Waals surface area contributed by atoms with Gasteiger partial charge in [-0.1, -0.05) is 26.0 Å². The molecule has 1 aromatic carbocycles. The van der Waals surface area contributed by atoms with Crippen molar-refractivity contribution in [3.8, 4) is 5.75 Å². The van der Waals surface area contributed by atoms with Gasteiger partial charge >= 0.3 is 6.09 Å². The molecular formula is C16H24ClNO3. The lowest BCUT2D eigenvalue weighted by Gasteiger charge is -2.38. The van der Waals surface area contributed by atoms with E-state index in [4.69, 9.17) is 9.47 Å². The molecule has 118 valence electrons. The molecule has 1 amide bonds. The first-order valence-electron chi connectivity index (χ1n) is 6.90. The van der Waals surface area contributed by atoms with Crippen LogP contribution in [0.4, 0.5) is 4.79 Å². The lowest BCUT2D eigenvalue weighted by Crippen LogP contribution is -2.46. The van der Waals surface area contributed by atoms with Crippen LogP contribution < -0.4 is 10.1 Å². The Kier molecular flexibility index (Phi) is 5.16. The predicted molar refractivity (Wildman–Crippen MR) is 85.1 cm³/mol. The van der Waals surface area contributed by atoms with Gasteiger partial charge in [-0.2, -0.15) is 0 Å². The second-order valence-corrected chi connectivity index (χ2v) is 6.93. The van der Waals surface area contributed by atoms with E-state index in [-0.39, 0.29) is 35.6 Å². The average molecular weight is 314 g/mol. The molecule has 0 radical (unpaired) electrons. The highest BCUT2D eigenvalue weighted by Gasteiger charge is 2.37. The zero-order valence-electron chi connectivity index (χ0n) is 13.2. The summed E-state index contributed by atoms with van der Waals surface area (Å²) in [5.74, 6) is 0.831. The van der Waals surface area contributed by atoms with Gasteiger partial charge in [0, 0.05) is 5.41 Å². The van der Waals surface area contributed by atoms with E-state index >= 15 is 0 Å². The van der Waals surface area contributed by atoms with Crippen molar-refractivity contribution in [3.05, 3.63) is 29.8 Å². The van der Waals surface area contributed by atoms with Crippen LogP contribution in [0.15, 0.2) is 24.3 Å². The van der Waals surface area contributed by atoms with Crippen LogP contribution in [-0.4, -0.2) is 18.3 Å². The molecule has 0 saturated carbocycles. The third kappa shape index (κ3) is 4.53. The largest absolute Gasteiger partial charge is 0.488 e. The molecule has 2 rings (SSSR count). The fraction of sp³-hybridized carbons (Fsp3) is 0.562. The Bertz CT molecular complexity index is 491. The van der Waals surface area contributed by atoms with Crippen molar-refractivity contribution >= 4 is 18.5 Å². The van der Waals surface area contributed by atoms with Gasteiger partial charge in [0.1, 0.15) is 18.0 Å². The smallest absolute Gasteiger partial charge is 0.407 e. The number of nitrogens with one attached hydrogen (secondary N) is 1. The molecule has 21 heavy (non-hydrogen) atoms. The standard InChI is InChI=1S/C16H23NO3.ClH/c1-15(2,3)20-12-8-6-11(7-9-12)13-16(4,5)10-19-14(18)17-13;/h6-9,13H,10H2,1-5H3,(H,17,18);1H/t13-;/m0./s1. The van der Waals surface area contributed by atoms with Crippen LogP contribution in [0, 0.1) is 5.41 Å². The van der Waals surface area contributed by atoms with Gasteiger partial charge in [0.05, 0.1) is 6.04 Å². The van der Waals surface area contributed by atoms with Gasteiger partial charge in [0.2, 0.25) is 0 Å². The molecule has 1 aromatic rings. The molecule has 1 fully saturated rings. The Hall–Kier alpha value is -1.42. The van der Waals surface area contributed by atoms with E-state index < -0.39 is 0 Å². The van der Waals surface area contributed by atoms with Crippen LogP contribution in [0.25, 0.3) is 0 Å². The molecule has 5 heteroatoms. The van der Waals surface area contributed by atoms with Crippen LogP contribution >= 0.6 is 12.4 Å². The molecule has 0 unspecified atom stereocenters. The summed E-state index contributed by atoms with van der Waals surface area (Å²) in [5, 5.41) is 2.89. The van der Waals surface area contributed by atoms with Crippen molar-refractivity contribution in [2.24, 2.45) is 5.41 Å². The van der Waals surface area contributed by atoms with Gasteiger partial charge < -0.3 is 14.8 Å². The minimum absolute atomic E-state index is 0. The second-order valence-electron chi connectivity index (χ2n) is 6.93. The highest BCUT2D eigenvalue weighted by atomic mass is 35.5. The van der Waals surface area contributed by atoms with Crippen molar-refractivity contribution in [1.82, 2.24) is 5.32 Å². The minimum atomic E-state index is -0.357. The molecule has 4 nitrogen and oxygen atoms in total. The molecule has 1 aliphatic rings. The van der Waals surface area contributed by atoms with Crippen LogP contribution in [0.2, 0.25) is 0 Å². The Morgan fingerprint density at radius 3 is 2.33 bits per heavy atom. The zero-order chi connectivity index (χ0) is 15.0. The van der Waals surface area contributed by atoms with E-state index in [1.54, 1.807) is 0 Å². The number of rotatable bonds is 2. The SMILES string of the molecule is CC(C)(C)Oc1ccc([C@@H]2NC(=O)OCC2(C)C)cc1.Cl. The first kappa shape index (κ1) is 17.6. The van der Waals surface area contributed by atoms with Crippen LogP contribution in [0.3, 0.4) is 0 Å². The van der Waals surface area contributed by atoms with Gasteiger partial charge in [-0.3, -0.25) is 0 Å². The van der Waals surface area contributed by atoms with E-state index in [0.717, 1.165) is 11.3 Å². The van der Waals surface area contributed by atoms with Crippen LogP contribution in [-0.2, 0) is 4.74 Å². The normalized spacial score (nSPS) is 20.8. The van der Waals surface area contributed by atoms with Gasteiger partial charge in [-0.25, -0.2) is 4.79 Å². The number of halogens is 1. The summed E-state index contributed by atoms with van der Waals surface area (Å²) in [6.07, 6.45) is -0.357. The van der Waals surface area contributed by atoms with Gasteiger partial charge in [0.25, 0.3) is 0 Å². The molecule has 1 saturated heterocycles. The lowest BCUT2D eigenvalue weighted by molar-refractivity contribution is 0.0387. The molecule has 0 bridgehead atoms. The first-order valence-corrected chi connectivity index (χ1v) is 6.90. The molecule has 1 heterocycles. The quantitative estimate of drug-likeness (QED) is 0.894. The molecular weight excluding hydrogens is 290 g/mol. The Balaban J connectivity index is 0.00000220. The van der Waals surface area contributed by atoms with Crippen molar-refractivity contribution in [1.29, 1.82) is 0 Å². The molecule has 1 atom stereocenters. The van der Waals surface area contributed by atoms with E-state index in [1.807, 2.05) is 45.0 Å². The summed E-state index contributed by atoms with van der Waals surface area (Å²) in [5.41, 5.74) is 0.710. The topological polar surface area (TPSA) is 47.6 Å². The number of cyclic esters (lactones) is 1. The highest BCUT2D eigenvalue weighted by Crippen LogP contribution is 2.37. The van der Waals surface area contributed by atoms with Crippen molar-refractivity contribution < 1.29 is 14.3 Å². The highest BCUT2D eigenvalue weighted by molar-refractivity contribution is 5.85. The summed E-state index contributed by atoms with van der Waals surface area (Å²) in [6, 6.07) is 7.84. The van der Waals surface area contributed by atoms with Crippen molar-refractivity contribution in [2.45, 2.75) is 46.3 Å². The maximum absolute atomic E-state index is 11.4. The predicted octanol–water partition coefficient (Wildman–Crippen LogP) is 4.09. The molecule has 1 N–H and O–H groups in total. The van der Waals surface area contributed by atoms with E-state index in [2.05, 4.69) is 19.2 Å². The van der Waals surface area contributed by atoms with Gasteiger partial charge in [-0.15, -0.1) is 12.4 Å². The summed E-state index contributed by atoms with van der Waals surface area (Å²) >= 11 is 0. The number of benzene rings is 1. The number of hydrogen-bond donors (Lipinski definition) is 1. The van der Waals surface area contributed by atoms with Crippen LogP contribution in [0.1, 0.15) is 46.2 Å². The number of amides is 1. The molecule has 0 aliphatic carbocycles. The third-order valence-electron chi connectivity index (χ3n) is 3.26. The number of ether oxygens (including phenoxy) is 2. The zero-order valence-corrected chi connectivity index (χ0v) is 14.0. The average Bonchev–Trinajstić information content (AvgIpc) is 2.32. The number of carbonyl (C=O) groups excluding carboxylic acids is 1. The summed E-state index contributed by atoms with van der Waals surface area (Å²) in [4.78, 5) is 11.4. The second kappa shape index (κ2) is 6.14. The third-order valence-corrected chi connectivity index (χ3v) is 3.26. The first-order chi connectivity index (χ1) is 9.17. The Morgan fingerprint density at radius 1 is 1.24 bits per heavy atom. The maximum Gasteiger partial charge on any atom is 0.407 e. The minimum Gasteiger partial charge on any atom is -0.488 e. The van der Waals surface area contributed by atoms with E-state index in [1.165, 1.54) is 0 Å². The number of carbonyl (C=O) groups is 1. The van der Waals surface area contributed by atoms with Gasteiger partial charge in [0.15, 0.2) is 0 Å². The monoisotopic (exact) mass is 313 g/mol. The summed E-state index contributed by atoms with van der Waals surface area (Å²) in [6.45, 7) is 10.6. The van der Waals surface area contributed by atoms with Crippen molar-refractivity contribution in [3.63, 3.8) is 0 Å². The maximum atomic E-state index is 11.4. The summed E-state index contributed by atoms with van der Waals surface area (Å²) < 4.78 is 10.9. The number of alkyl carbamates (subject to hydrolysis) is 1. The van der Waals surface area contributed by atoms with Gasteiger partial charge in [-0.05, 0) is 38.5 Å². The summed E-state index contributed by atoms with van der Waals surface area (Å²) in [7, 11) is 0. The molecule has 0 aromatic heterocycles. The number of hydrogen-bond acceptors (Lipinski definition) is 3. The molecule has 0 spiro atoms. The lowest BCUT2D eigenvalue weighted by atomic mass is 9.80. The van der Waals surface area contributed by atoms with Crippen LogP contribution in [0.5, 0.6) is 5.75 Å². The molecule has 1 aliphatic heterocycles. The Morgan fingerprint density at radius 2 is 1.81 bits per heavy atom. The van der Waals surface area contributed by atoms with E-state index in [9.17, 15) is 4.79 Å². The fourth-order valence-electron chi connectivity index (χ4n) is 2.31. The Labute approximate surface area is 132 Å². The van der Waals surface area contributed by atoms with Crippen molar-refractivity contribution in [2.75, 3.05) is 6.61 Å². The fourth-order valence-corrected chi connectivity index (χ4v) is 2.31.